The van der Waals surface area contributed by atoms with Gasteiger partial charge in [0.15, 0.2) is 0 Å². The van der Waals surface area contributed by atoms with E-state index in [1.54, 1.807) is 12.4 Å². The number of amides is 2. The van der Waals surface area contributed by atoms with Crippen LogP contribution in [0.2, 0.25) is 0 Å². The van der Waals surface area contributed by atoms with E-state index in [0.717, 1.165) is 24.8 Å². The lowest BCUT2D eigenvalue weighted by Crippen LogP contribution is -2.44. The molecule has 1 aromatic heterocycles. The molecule has 0 bridgehead atoms. The van der Waals surface area contributed by atoms with Crippen molar-refractivity contribution in [3.63, 3.8) is 0 Å². The van der Waals surface area contributed by atoms with Crippen LogP contribution in [0.1, 0.15) is 28.8 Å². The number of benzene rings is 1. The van der Waals surface area contributed by atoms with E-state index in [9.17, 15) is 9.59 Å². The van der Waals surface area contributed by atoms with E-state index in [4.69, 9.17) is 4.74 Å². The number of likely N-dealkylation sites (tertiary alicyclic amines) is 1. The first-order valence-electron chi connectivity index (χ1n) is 10.3. The number of nitrogens with zero attached hydrogens (tertiary/aromatic N) is 2. The minimum atomic E-state index is -0.198. The molecule has 3 heterocycles. The van der Waals surface area contributed by atoms with E-state index in [0.29, 0.717) is 38.4 Å². The second kappa shape index (κ2) is 8.74. The van der Waals surface area contributed by atoms with Gasteiger partial charge >= 0.3 is 0 Å². The highest BCUT2D eigenvalue weighted by molar-refractivity contribution is 5.95. The second-order valence-electron chi connectivity index (χ2n) is 7.98. The highest BCUT2D eigenvalue weighted by atomic mass is 16.5. The Morgan fingerprint density at radius 2 is 1.83 bits per heavy atom. The Hall–Kier alpha value is -2.73. The van der Waals surface area contributed by atoms with Crippen molar-refractivity contribution >= 4 is 11.8 Å². The molecular weight excluding hydrogens is 366 g/mol. The maximum atomic E-state index is 13.1. The molecule has 0 aliphatic carbocycles. The fraction of sp³-hybridized carbons (Fsp3) is 0.435. The van der Waals surface area contributed by atoms with Crippen LogP contribution in [0, 0.1) is 11.3 Å². The van der Waals surface area contributed by atoms with E-state index in [-0.39, 0.29) is 23.1 Å². The molecule has 2 saturated heterocycles. The van der Waals surface area contributed by atoms with Gasteiger partial charge in [-0.3, -0.25) is 14.6 Å². The maximum absolute atomic E-state index is 13.1. The summed E-state index contributed by atoms with van der Waals surface area (Å²) in [5.41, 5.74) is 1.63. The standard InChI is InChI=1S/C23H27N3O3/c27-21(25-13-8-18-6-11-24-12-7-18)20-16-26(17-23(20)9-14-29-15-10-23)22(28)19-4-2-1-3-5-19/h1-7,11-12,20H,8-10,13-17H2,(H,25,27). The van der Waals surface area contributed by atoms with Crippen molar-refractivity contribution in [2.45, 2.75) is 19.3 Å². The van der Waals surface area contributed by atoms with E-state index in [1.165, 1.54) is 0 Å². The average molecular weight is 393 g/mol. The molecule has 1 aromatic carbocycles. The van der Waals surface area contributed by atoms with Crippen molar-refractivity contribution in [2.24, 2.45) is 11.3 Å². The number of pyridine rings is 1. The summed E-state index contributed by atoms with van der Waals surface area (Å²) in [6.45, 7) is 2.96. The second-order valence-corrected chi connectivity index (χ2v) is 7.98. The molecule has 0 radical (unpaired) electrons. The third-order valence-electron chi connectivity index (χ3n) is 6.22. The molecule has 2 amide bonds. The Labute approximate surface area is 171 Å². The maximum Gasteiger partial charge on any atom is 0.253 e. The van der Waals surface area contributed by atoms with E-state index in [1.807, 2.05) is 47.4 Å². The summed E-state index contributed by atoms with van der Waals surface area (Å²) in [6.07, 6.45) is 5.92. The van der Waals surface area contributed by atoms with Gasteiger partial charge in [0.1, 0.15) is 0 Å². The first-order chi connectivity index (χ1) is 14.2. The number of hydrogen-bond donors (Lipinski definition) is 1. The summed E-state index contributed by atoms with van der Waals surface area (Å²) in [4.78, 5) is 32.0. The van der Waals surface area contributed by atoms with Crippen molar-refractivity contribution in [3.8, 4) is 0 Å². The SMILES string of the molecule is O=C(NCCc1ccncc1)C1CN(C(=O)c2ccccc2)CC12CCOCC2. The van der Waals surface area contributed by atoms with Crippen LogP contribution in [0.5, 0.6) is 0 Å². The van der Waals surface area contributed by atoms with Crippen molar-refractivity contribution in [1.82, 2.24) is 15.2 Å². The normalized spacial score (nSPS) is 20.6. The van der Waals surface area contributed by atoms with Crippen molar-refractivity contribution in [1.29, 1.82) is 0 Å². The molecule has 0 saturated carbocycles. The largest absolute Gasteiger partial charge is 0.381 e. The summed E-state index contributed by atoms with van der Waals surface area (Å²) in [7, 11) is 0. The Kier molecular flexibility index (Phi) is 5.90. The molecular formula is C23H27N3O3. The van der Waals surface area contributed by atoms with Gasteiger partial charge in [0.25, 0.3) is 5.91 Å². The van der Waals surface area contributed by atoms with Crippen molar-refractivity contribution in [2.75, 3.05) is 32.8 Å². The highest BCUT2D eigenvalue weighted by Gasteiger charge is 2.51. The number of ether oxygens (including phenoxy) is 1. The molecule has 2 aliphatic heterocycles. The van der Waals surface area contributed by atoms with Crippen molar-refractivity contribution in [3.05, 3.63) is 66.0 Å². The molecule has 152 valence electrons. The third kappa shape index (κ3) is 4.32. The molecule has 29 heavy (non-hydrogen) atoms. The molecule has 1 unspecified atom stereocenters. The molecule has 2 fully saturated rings. The lowest BCUT2D eigenvalue weighted by atomic mass is 9.71. The predicted octanol–water partition coefficient (Wildman–Crippen LogP) is 2.31. The molecule has 1 N–H and O–H groups in total. The minimum Gasteiger partial charge on any atom is -0.381 e. The number of carbonyl (C=O) groups is 2. The summed E-state index contributed by atoms with van der Waals surface area (Å²) in [6, 6.07) is 13.2. The summed E-state index contributed by atoms with van der Waals surface area (Å²) < 4.78 is 5.56. The van der Waals surface area contributed by atoms with Crippen LogP contribution in [0.3, 0.4) is 0 Å². The number of nitrogens with one attached hydrogen (secondary N) is 1. The summed E-state index contributed by atoms with van der Waals surface area (Å²) in [5.74, 6) is -0.149. The fourth-order valence-electron chi connectivity index (χ4n) is 4.54. The molecule has 4 rings (SSSR count). The molecule has 6 heteroatoms. The van der Waals surface area contributed by atoms with E-state index < -0.39 is 0 Å². The zero-order valence-electron chi connectivity index (χ0n) is 16.5. The van der Waals surface area contributed by atoms with Crippen molar-refractivity contribution < 1.29 is 14.3 Å². The highest BCUT2D eigenvalue weighted by Crippen LogP contribution is 2.44. The molecule has 2 aliphatic rings. The lowest BCUT2D eigenvalue weighted by molar-refractivity contribution is -0.129. The smallest absolute Gasteiger partial charge is 0.253 e. The average Bonchev–Trinajstić information content (AvgIpc) is 3.13. The van der Waals surface area contributed by atoms with Gasteiger partial charge in [0.05, 0.1) is 5.92 Å². The summed E-state index contributed by atoms with van der Waals surface area (Å²) in [5, 5.41) is 3.11. The van der Waals surface area contributed by atoms with Crippen LogP contribution in [0.4, 0.5) is 0 Å². The fourth-order valence-corrected chi connectivity index (χ4v) is 4.54. The number of hydrogen-bond acceptors (Lipinski definition) is 4. The third-order valence-corrected chi connectivity index (χ3v) is 6.22. The Bertz CT molecular complexity index is 835. The number of aromatic nitrogens is 1. The van der Waals surface area contributed by atoms with Crippen LogP contribution >= 0.6 is 0 Å². The number of carbonyl (C=O) groups excluding carboxylic acids is 2. The molecule has 1 atom stereocenters. The zero-order valence-corrected chi connectivity index (χ0v) is 16.5. The lowest BCUT2D eigenvalue weighted by Gasteiger charge is -2.37. The zero-order chi connectivity index (χ0) is 20.1. The van der Waals surface area contributed by atoms with Gasteiger partial charge in [-0.1, -0.05) is 18.2 Å². The number of rotatable bonds is 5. The minimum absolute atomic E-state index is 0.00329. The topological polar surface area (TPSA) is 71.5 Å². The van der Waals surface area contributed by atoms with Gasteiger partial charge in [-0.05, 0) is 49.1 Å². The molecule has 1 spiro atoms. The predicted molar refractivity (Wildman–Crippen MR) is 109 cm³/mol. The van der Waals surface area contributed by atoms with Gasteiger partial charge in [-0.25, -0.2) is 0 Å². The van der Waals surface area contributed by atoms with Crippen LogP contribution in [-0.4, -0.2) is 54.5 Å². The molecule has 6 nitrogen and oxygen atoms in total. The van der Waals surface area contributed by atoms with Crippen LogP contribution < -0.4 is 5.32 Å². The first-order valence-corrected chi connectivity index (χ1v) is 10.3. The van der Waals surface area contributed by atoms with E-state index >= 15 is 0 Å². The Morgan fingerprint density at radius 3 is 2.55 bits per heavy atom. The van der Waals surface area contributed by atoms with Crippen LogP contribution in [0.25, 0.3) is 0 Å². The van der Waals surface area contributed by atoms with Crippen LogP contribution in [0.15, 0.2) is 54.9 Å². The van der Waals surface area contributed by atoms with Gasteiger partial charge in [0, 0.05) is 56.2 Å². The Morgan fingerprint density at radius 1 is 1.10 bits per heavy atom. The monoisotopic (exact) mass is 393 g/mol. The van der Waals surface area contributed by atoms with Gasteiger partial charge in [-0.15, -0.1) is 0 Å². The van der Waals surface area contributed by atoms with Gasteiger partial charge in [0.2, 0.25) is 5.91 Å². The quantitative estimate of drug-likeness (QED) is 0.846. The first kappa shape index (κ1) is 19.6. The van der Waals surface area contributed by atoms with Gasteiger partial charge < -0.3 is 15.0 Å². The molecule has 2 aromatic rings. The Balaban J connectivity index is 1.44. The van der Waals surface area contributed by atoms with Crippen LogP contribution in [-0.2, 0) is 16.0 Å². The van der Waals surface area contributed by atoms with Gasteiger partial charge in [-0.2, -0.15) is 0 Å². The van der Waals surface area contributed by atoms with E-state index in [2.05, 4.69) is 10.3 Å². The summed E-state index contributed by atoms with van der Waals surface area (Å²) >= 11 is 0.